The second-order valence-electron chi connectivity index (χ2n) is 8.70. The van der Waals surface area contributed by atoms with E-state index in [1.54, 1.807) is 0 Å². The van der Waals surface area contributed by atoms with Crippen LogP contribution in [0, 0.1) is 0 Å². The van der Waals surface area contributed by atoms with Crippen molar-refractivity contribution in [2.24, 2.45) is 0 Å². The molecule has 0 bridgehead atoms. The van der Waals surface area contributed by atoms with Gasteiger partial charge in [-0.3, -0.25) is 14.5 Å². The number of aryl methyl sites for hydroxylation is 1. The van der Waals surface area contributed by atoms with Gasteiger partial charge >= 0.3 is 0 Å². The van der Waals surface area contributed by atoms with E-state index in [0.29, 0.717) is 11.6 Å². The van der Waals surface area contributed by atoms with E-state index >= 15 is 0 Å². The Balaban J connectivity index is 1.55. The molecule has 0 radical (unpaired) electrons. The van der Waals surface area contributed by atoms with E-state index in [0.717, 1.165) is 27.0 Å². The van der Waals surface area contributed by atoms with Gasteiger partial charge in [0.05, 0.1) is 21.8 Å². The van der Waals surface area contributed by atoms with Gasteiger partial charge in [0.2, 0.25) is 0 Å². The fourth-order valence-electron chi connectivity index (χ4n) is 4.36. The number of anilines is 2. The van der Waals surface area contributed by atoms with Crippen LogP contribution in [0.25, 0.3) is 10.2 Å². The summed E-state index contributed by atoms with van der Waals surface area (Å²) in [5, 5.41) is 11.4. The number of para-hydroxylation sites is 1. The van der Waals surface area contributed by atoms with Gasteiger partial charge in [0.1, 0.15) is 0 Å². The van der Waals surface area contributed by atoms with Gasteiger partial charge in [-0.05, 0) is 41.8 Å². The van der Waals surface area contributed by atoms with E-state index < -0.39 is 17.7 Å². The maximum Gasteiger partial charge on any atom is 0.296 e. The normalized spacial score (nSPS) is 15.8. The molecule has 3 aromatic carbocycles. The van der Waals surface area contributed by atoms with Crippen LogP contribution in [0.15, 0.2) is 90.2 Å². The van der Waals surface area contributed by atoms with Crippen LogP contribution < -0.4 is 9.80 Å². The molecule has 0 spiro atoms. The molecule has 1 atom stereocenters. The van der Waals surface area contributed by atoms with Crippen LogP contribution in [0.4, 0.5) is 10.8 Å². The van der Waals surface area contributed by atoms with Crippen LogP contribution in [-0.2, 0) is 16.0 Å². The minimum Gasteiger partial charge on any atom is -0.503 e. The largest absolute Gasteiger partial charge is 0.503 e. The summed E-state index contributed by atoms with van der Waals surface area (Å²) >= 11 is 1.37. The Bertz CT molecular complexity index is 1390. The Morgan fingerprint density at radius 3 is 2.37 bits per heavy atom. The maximum absolute atomic E-state index is 13.5. The number of hydrogen-bond acceptors (Lipinski definition) is 6. The summed E-state index contributed by atoms with van der Waals surface area (Å²) in [5.41, 5.74) is 3.67. The van der Waals surface area contributed by atoms with Crippen LogP contribution in [0.1, 0.15) is 23.6 Å². The highest BCUT2D eigenvalue weighted by Gasteiger charge is 2.45. The molecule has 1 aromatic heterocycles. The summed E-state index contributed by atoms with van der Waals surface area (Å²) in [5.74, 6) is -1.34. The zero-order valence-electron chi connectivity index (χ0n) is 19.5. The number of benzene rings is 3. The van der Waals surface area contributed by atoms with Crippen LogP contribution >= 0.6 is 11.3 Å². The molecule has 5 rings (SSSR count). The van der Waals surface area contributed by atoms with Gasteiger partial charge in [-0.2, -0.15) is 0 Å². The Labute approximate surface area is 207 Å². The van der Waals surface area contributed by atoms with Crippen LogP contribution in [0.5, 0.6) is 0 Å². The number of carbonyl (C=O) groups is 2. The first-order chi connectivity index (χ1) is 16.9. The molecule has 176 valence electrons. The average Bonchev–Trinajstić information content (AvgIpc) is 3.41. The van der Waals surface area contributed by atoms with Crippen molar-refractivity contribution in [3.05, 3.63) is 101 Å². The number of ketones is 1. The summed E-state index contributed by atoms with van der Waals surface area (Å²) in [6.07, 6.45) is 0.717. The van der Waals surface area contributed by atoms with Crippen LogP contribution in [-0.4, -0.2) is 35.9 Å². The number of thiazole rings is 1. The van der Waals surface area contributed by atoms with Crippen LogP contribution in [0.2, 0.25) is 0 Å². The van der Waals surface area contributed by atoms with E-state index in [9.17, 15) is 14.7 Å². The highest BCUT2D eigenvalue weighted by molar-refractivity contribution is 7.22. The standard InChI is InChI=1S/C28H25N3O3S/c1-30(2)20-15-13-19(14-16-20)25-24(22(32)17-12-18-8-4-3-5-9-18)26(33)27(34)31(25)28-29-21-10-6-7-11-23(21)35-28/h3-11,13-16,25,33H,12,17H2,1-2H3. The molecule has 35 heavy (non-hydrogen) atoms. The Morgan fingerprint density at radius 2 is 1.69 bits per heavy atom. The van der Waals surface area contributed by atoms with E-state index in [-0.39, 0.29) is 17.8 Å². The number of aliphatic hydroxyl groups is 1. The van der Waals surface area contributed by atoms with Gasteiger partial charge in [0.25, 0.3) is 5.91 Å². The number of carbonyl (C=O) groups excluding carboxylic acids is 2. The number of amides is 1. The third kappa shape index (κ3) is 4.31. The van der Waals surface area contributed by atoms with Crippen molar-refractivity contribution < 1.29 is 14.7 Å². The third-order valence-corrected chi connectivity index (χ3v) is 7.24. The van der Waals surface area contributed by atoms with Gasteiger partial charge < -0.3 is 10.0 Å². The molecular formula is C28H25N3O3S. The van der Waals surface area contributed by atoms with Crippen molar-refractivity contribution in [2.75, 3.05) is 23.9 Å². The first-order valence-electron chi connectivity index (χ1n) is 11.4. The Hall–Kier alpha value is -3.97. The van der Waals surface area contributed by atoms with Crippen molar-refractivity contribution in [1.82, 2.24) is 4.98 Å². The van der Waals surface area contributed by atoms with Gasteiger partial charge in [-0.1, -0.05) is 65.9 Å². The summed E-state index contributed by atoms with van der Waals surface area (Å²) in [6, 6.07) is 24.3. The molecule has 1 amide bonds. The molecule has 6 nitrogen and oxygen atoms in total. The molecule has 0 saturated carbocycles. The summed E-state index contributed by atoms with van der Waals surface area (Å²) in [6.45, 7) is 0. The second-order valence-corrected chi connectivity index (χ2v) is 9.71. The van der Waals surface area contributed by atoms with Crippen molar-refractivity contribution in [3.8, 4) is 0 Å². The highest BCUT2D eigenvalue weighted by Crippen LogP contribution is 2.44. The lowest BCUT2D eigenvalue weighted by Gasteiger charge is -2.25. The number of Topliss-reactive ketones (excluding diaryl/α,β-unsaturated/α-hetero) is 1. The lowest BCUT2D eigenvalue weighted by Crippen LogP contribution is -2.31. The van der Waals surface area contributed by atoms with Gasteiger partial charge in [0.15, 0.2) is 16.7 Å². The molecule has 1 aliphatic heterocycles. The predicted molar refractivity (Wildman–Crippen MR) is 140 cm³/mol. The van der Waals surface area contributed by atoms with Gasteiger partial charge in [-0.15, -0.1) is 0 Å². The summed E-state index contributed by atoms with van der Waals surface area (Å²) < 4.78 is 0.931. The molecule has 2 heterocycles. The van der Waals surface area contributed by atoms with Gasteiger partial charge in [0, 0.05) is 26.2 Å². The SMILES string of the molecule is CN(C)c1ccc(C2C(C(=O)CCc3ccccc3)=C(O)C(=O)N2c2nc3ccccc3s2)cc1. The molecular weight excluding hydrogens is 458 g/mol. The molecule has 0 saturated heterocycles. The Kier molecular flexibility index (Phi) is 6.09. The zero-order valence-corrected chi connectivity index (χ0v) is 20.3. The van der Waals surface area contributed by atoms with E-state index in [1.807, 2.05) is 97.9 Å². The fourth-order valence-corrected chi connectivity index (χ4v) is 5.35. The number of aliphatic hydroxyl groups excluding tert-OH is 1. The summed E-state index contributed by atoms with van der Waals surface area (Å²) in [4.78, 5) is 34.9. The number of nitrogens with zero attached hydrogens (tertiary/aromatic N) is 3. The molecule has 1 unspecified atom stereocenters. The topological polar surface area (TPSA) is 73.7 Å². The average molecular weight is 484 g/mol. The third-order valence-electron chi connectivity index (χ3n) is 6.21. The first-order valence-corrected chi connectivity index (χ1v) is 12.2. The van der Waals surface area contributed by atoms with Crippen molar-refractivity contribution in [3.63, 3.8) is 0 Å². The van der Waals surface area contributed by atoms with E-state index in [1.165, 1.54) is 16.2 Å². The monoisotopic (exact) mass is 483 g/mol. The molecule has 1 aliphatic rings. The number of hydrogen-bond donors (Lipinski definition) is 1. The first kappa shape index (κ1) is 22.8. The van der Waals surface area contributed by atoms with Crippen molar-refractivity contribution in [2.45, 2.75) is 18.9 Å². The predicted octanol–water partition coefficient (Wildman–Crippen LogP) is 5.46. The fraction of sp³-hybridized carbons (Fsp3) is 0.179. The Morgan fingerprint density at radius 1 is 1.00 bits per heavy atom. The minimum atomic E-state index is -0.748. The molecule has 7 heteroatoms. The molecule has 4 aromatic rings. The highest BCUT2D eigenvalue weighted by atomic mass is 32.1. The smallest absolute Gasteiger partial charge is 0.296 e. The number of rotatable bonds is 7. The molecule has 0 aliphatic carbocycles. The second kappa shape index (κ2) is 9.35. The number of fused-ring (bicyclic) bond motifs is 1. The number of aromatic nitrogens is 1. The maximum atomic E-state index is 13.5. The lowest BCUT2D eigenvalue weighted by atomic mass is 9.93. The van der Waals surface area contributed by atoms with E-state index in [4.69, 9.17) is 0 Å². The quantitative estimate of drug-likeness (QED) is 0.378. The molecule has 1 N–H and O–H groups in total. The van der Waals surface area contributed by atoms with Crippen molar-refractivity contribution in [1.29, 1.82) is 0 Å². The zero-order chi connectivity index (χ0) is 24.5. The van der Waals surface area contributed by atoms with Gasteiger partial charge in [-0.25, -0.2) is 4.98 Å². The molecule has 0 fully saturated rings. The lowest BCUT2D eigenvalue weighted by molar-refractivity contribution is -0.118. The summed E-state index contributed by atoms with van der Waals surface area (Å²) in [7, 11) is 3.90. The van der Waals surface area contributed by atoms with E-state index in [2.05, 4.69) is 4.98 Å². The van der Waals surface area contributed by atoms with Crippen molar-refractivity contribution >= 4 is 44.1 Å². The van der Waals surface area contributed by atoms with Crippen LogP contribution in [0.3, 0.4) is 0 Å². The minimum absolute atomic E-state index is 0.128.